The molecule has 1 fully saturated rings. The zero-order valence-corrected chi connectivity index (χ0v) is 14.7. The number of aromatic nitrogens is 3. The summed E-state index contributed by atoms with van der Waals surface area (Å²) in [5, 5.41) is 9.77. The Bertz CT molecular complexity index is 647. The maximum absolute atomic E-state index is 13.8. The Labute approximate surface area is 141 Å². The zero-order chi connectivity index (χ0) is 16.2. The predicted octanol–water partition coefficient (Wildman–Crippen LogP) is 5.34. The summed E-state index contributed by atoms with van der Waals surface area (Å²) in [5.74, 6) is 1.86. The summed E-state index contributed by atoms with van der Waals surface area (Å²) >= 11 is 1.60. The highest BCUT2D eigenvalue weighted by Gasteiger charge is 2.24. The monoisotopic (exact) mass is 333 g/mol. The first-order valence-corrected chi connectivity index (χ1v) is 9.46. The fraction of sp³-hybridized carbons (Fsp3) is 0.556. The number of hydrogen-bond donors (Lipinski definition) is 0. The second-order valence-electron chi connectivity index (χ2n) is 6.54. The Balaban J connectivity index is 1.82. The van der Waals surface area contributed by atoms with E-state index in [9.17, 15) is 4.39 Å². The van der Waals surface area contributed by atoms with Gasteiger partial charge in [0.2, 0.25) is 0 Å². The van der Waals surface area contributed by atoms with E-state index in [1.165, 1.54) is 38.2 Å². The molecule has 0 radical (unpaired) electrons. The van der Waals surface area contributed by atoms with Crippen molar-refractivity contribution >= 4 is 11.8 Å². The van der Waals surface area contributed by atoms with Gasteiger partial charge in [0, 0.05) is 17.7 Å². The molecule has 0 unspecified atom stereocenters. The van der Waals surface area contributed by atoms with E-state index in [0.717, 1.165) is 16.5 Å². The van der Waals surface area contributed by atoms with Crippen LogP contribution in [0.15, 0.2) is 29.4 Å². The zero-order valence-electron chi connectivity index (χ0n) is 13.8. The highest BCUT2D eigenvalue weighted by Crippen LogP contribution is 2.35. The van der Waals surface area contributed by atoms with Gasteiger partial charge in [0.05, 0.1) is 0 Å². The minimum Gasteiger partial charge on any atom is -0.303 e. The molecule has 1 aliphatic carbocycles. The summed E-state index contributed by atoms with van der Waals surface area (Å²) in [6.45, 7) is 4.32. The van der Waals surface area contributed by atoms with Crippen LogP contribution in [0.2, 0.25) is 0 Å². The van der Waals surface area contributed by atoms with E-state index >= 15 is 0 Å². The maximum Gasteiger partial charge on any atom is 0.191 e. The third-order valence-electron chi connectivity index (χ3n) is 4.46. The van der Waals surface area contributed by atoms with E-state index in [1.807, 2.05) is 12.1 Å². The van der Waals surface area contributed by atoms with Crippen molar-refractivity contribution in [3.8, 4) is 0 Å². The van der Waals surface area contributed by atoms with Gasteiger partial charge in [-0.2, -0.15) is 0 Å². The van der Waals surface area contributed by atoms with Crippen molar-refractivity contribution in [2.24, 2.45) is 0 Å². The minimum absolute atomic E-state index is 0.146. The number of halogens is 1. The van der Waals surface area contributed by atoms with Gasteiger partial charge in [0.1, 0.15) is 11.6 Å². The van der Waals surface area contributed by atoms with Crippen LogP contribution in [0.25, 0.3) is 0 Å². The Kier molecular flexibility index (Phi) is 5.36. The molecule has 3 nitrogen and oxygen atoms in total. The number of hydrogen-bond acceptors (Lipinski definition) is 3. The predicted molar refractivity (Wildman–Crippen MR) is 92.2 cm³/mol. The summed E-state index contributed by atoms with van der Waals surface area (Å²) in [7, 11) is 0. The molecule has 2 aromatic rings. The van der Waals surface area contributed by atoms with Crippen molar-refractivity contribution < 1.29 is 4.39 Å². The van der Waals surface area contributed by atoms with Gasteiger partial charge in [-0.15, -0.1) is 10.2 Å². The summed E-state index contributed by atoms with van der Waals surface area (Å²) in [5.41, 5.74) is 0.724. The Hall–Kier alpha value is -1.36. The molecule has 0 saturated heterocycles. The van der Waals surface area contributed by atoms with Gasteiger partial charge in [0.15, 0.2) is 5.16 Å². The smallest absolute Gasteiger partial charge is 0.191 e. The highest BCUT2D eigenvalue weighted by molar-refractivity contribution is 7.98. The van der Waals surface area contributed by atoms with Crippen molar-refractivity contribution in [2.75, 3.05) is 0 Å². The van der Waals surface area contributed by atoms with Crippen LogP contribution in [-0.2, 0) is 5.75 Å². The minimum atomic E-state index is -0.146. The van der Waals surface area contributed by atoms with E-state index in [2.05, 4.69) is 28.6 Å². The van der Waals surface area contributed by atoms with Crippen molar-refractivity contribution in [1.29, 1.82) is 0 Å². The molecule has 3 rings (SSSR count). The summed E-state index contributed by atoms with van der Waals surface area (Å²) in [6, 6.07) is 7.46. The van der Waals surface area contributed by atoms with Gasteiger partial charge >= 0.3 is 0 Å². The lowest BCUT2D eigenvalue weighted by atomic mass is 9.95. The molecular weight excluding hydrogens is 309 g/mol. The van der Waals surface area contributed by atoms with Crippen LogP contribution in [0, 0.1) is 5.82 Å². The van der Waals surface area contributed by atoms with Gasteiger partial charge in [0.25, 0.3) is 0 Å². The SMILES string of the molecule is CC(C)c1nnc(SCc2ccccc2F)n1C1CCCCC1. The van der Waals surface area contributed by atoms with Gasteiger partial charge < -0.3 is 4.57 Å². The van der Waals surface area contributed by atoms with Crippen LogP contribution in [0.5, 0.6) is 0 Å². The average molecular weight is 333 g/mol. The van der Waals surface area contributed by atoms with E-state index in [1.54, 1.807) is 17.8 Å². The molecular formula is C18H24FN3S. The molecule has 1 aromatic heterocycles. The van der Waals surface area contributed by atoms with Crippen molar-refractivity contribution in [3.05, 3.63) is 41.5 Å². The lowest BCUT2D eigenvalue weighted by molar-refractivity contribution is 0.326. The van der Waals surface area contributed by atoms with E-state index in [4.69, 9.17) is 0 Å². The van der Waals surface area contributed by atoms with Crippen molar-refractivity contribution in [1.82, 2.24) is 14.8 Å². The van der Waals surface area contributed by atoms with E-state index in [-0.39, 0.29) is 5.82 Å². The quantitative estimate of drug-likeness (QED) is 0.692. The molecule has 0 spiro atoms. The summed E-state index contributed by atoms with van der Waals surface area (Å²) in [6.07, 6.45) is 6.28. The lowest BCUT2D eigenvalue weighted by Gasteiger charge is -2.26. The normalized spacial score (nSPS) is 16.2. The molecule has 0 amide bonds. The van der Waals surface area contributed by atoms with Crippen molar-refractivity contribution in [3.63, 3.8) is 0 Å². The van der Waals surface area contributed by atoms with Crippen LogP contribution >= 0.6 is 11.8 Å². The average Bonchev–Trinajstić information content (AvgIpc) is 2.99. The van der Waals surface area contributed by atoms with Crippen LogP contribution in [0.1, 0.15) is 69.3 Å². The Morgan fingerprint density at radius 3 is 2.61 bits per heavy atom. The van der Waals surface area contributed by atoms with Gasteiger partial charge in [-0.25, -0.2) is 4.39 Å². The molecule has 0 bridgehead atoms. The molecule has 1 saturated carbocycles. The largest absolute Gasteiger partial charge is 0.303 e. The fourth-order valence-electron chi connectivity index (χ4n) is 3.22. The number of nitrogens with zero attached hydrogens (tertiary/aromatic N) is 3. The molecule has 1 aromatic carbocycles. The molecule has 124 valence electrons. The topological polar surface area (TPSA) is 30.7 Å². The summed E-state index contributed by atoms with van der Waals surface area (Å²) in [4.78, 5) is 0. The standard InChI is InChI=1S/C18H24FN3S/c1-13(2)17-20-21-18(22(17)15-9-4-3-5-10-15)23-12-14-8-6-7-11-16(14)19/h6-8,11,13,15H,3-5,9-10,12H2,1-2H3. The molecule has 0 aliphatic heterocycles. The van der Waals surface area contributed by atoms with Crippen molar-refractivity contribution in [2.45, 2.75) is 68.8 Å². The molecule has 1 aliphatic rings. The highest BCUT2D eigenvalue weighted by atomic mass is 32.2. The van der Waals surface area contributed by atoms with E-state index in [0.29, 0.717) is 17.7 Å². The van der Waals surface area contributed by atoms with Crippen LogP contribution in [0.3, 0.4) is 0 Å². The first-order valence-electron chi connectivity index (χ1n) is 8.48. The number of benzene rings is 1. The second kappa shape index (κ2) is 7.47. The number of rotatable bonds is 5. The number of thioether (sulfide) groups is 1. The second-order valence-corrected chi connectivity index (χ2v) is 7.48. The molecule has 5 heteroatoms. The lowest BCUT2D eigenvalue weighted by Crippen LogP contribution is -2.17. The molecule has 0 atom stereocenters. The van der Waals surface area contributed by atoms with Crippen LogP contribution < -0.4 is 0 Å². The van der Waals surface area contributed by atoms with Gasteiger partial charge in [-0.3, -0.25) is 0 Å². The third-order valence-corrected chi connectivity index (χ3v) is 5.45. The fourth-order valence-corrected chi connectivity index (χ4v) is 4.22. The Morgan fingerprint density at radius 2 is 1.91 bits per heavy atom. The van der Waals surface area contributed by atoms with Crippen LogP contribution in [-0.4, -0.2) is 14.8 Å². The first kappa shape index (κ1) is 16.5. The summed E-state index contributed by atoms with van der Waals surface area (Å²) < 4.78 is 16.2. The van der Waals surface area contributed by atoms with Gasteiger partial charge in [-0.1, -0.05) is 63.1 Å². The molecule has 0 N–H and O–H groups in total. The van der Waals surface area contributed by atoms with E-state index < -0.39 is 0 Å². The first-order chi connectivity index (χ1) is 11.2. The van der Waals surface area contributed by atoms with Gasteiger partial charge in [-0.05, 0) is 24.5 Å². The third kappa shape index (κ3) is 3.77. The Morgan fingerprint density at radius 1 is 1.17 bits per heavy atom. The molecule has 23 heavy (non-hydrogen) atoms. The maximum atomic E-state index is 13.8. The van der Waals surface area contributed by atoms with Crippen LogP contribution in [0.4, 0.5) is 4.39 Å². The molecule has 1 heterocycles.